The summed E-state index contributed by atoms with van der Waals surface area (Å²) in [5.74, 6) is -1.48. The molecule has 1 fully saturated rings. The Hall–Kier alpha value is -3.68. The molecule has 9 heteroatoms. The highest BCUT2D eigenvalue weighted by molar-refractivity contribution is 6.52. The standard InChI is InChI=1S/C27H23Cl2NO6/c1-3-35-20-8-9-21(22(14-20)36-4-2)25(32)23-24(15-6-5-7-19(31)10-15)30(27(34)26(23)33)18-12-16(28)11-17(29)13-18/h5-14,24,31-32H,3-4H2,1-2H3/b25-23-. The predicted molar refractivity (Wildman–Crippen MR) is 138 cm³/mol. The van der Waals surface area contributed by atoms with Crippen LogP contribution < -0.4 is 14.4 Å². The fourth-order valence-corrected chi connectivity index (χ4v) is 4.68. The van der Waals surface area contributed by atoms with Crippen molar-refractivity contribution in [3.8, 4) is 17.2 Å². The quantitative estimate of drug-likeness (QED) is 0.218. The van der Waals surface area contributed by atoms with Crippen LogP contribution >= 0.6 is 23.2 Å². The summed E-state index contributed by atoms with van der Waals surface area (Å²) in [6.45, 7) is 4.35. The summed E-state index contributed by atoms with van der Waals surface area (Å²) in [7, 11) is 0. The monoisotopic (exact) mass is 527 g/mol. The minimum absolute atomic E-state index is 0.0710. The van der Waals surface area contributed by atoms with E-state index in [0.29, 0.717) is 24.5 Å². The molecule has 3 aromatic carbocycles. The molecule has 1 heterocycles. The third-order valence-corrected chi connectivity index (χ3v) is 6.01. The van der Waals surface area contributed by atoms with Crippen LogP contribution in [0.3, 0.4) is 0 Å². The maximum Gasteiger partial charge on any atom is 0.300 e. The number of carbonyl (C=O) groups excluding carboxylic acids is 2. The van der Waals surface area contributed by atoms with E-state index in [0.717, 1.165) is 0 Å². The van der Waals surface area contributed by atoms with Crippen LogP contribution in [-0.4, -0.2) is 35.1 Å². The molecule has 0 bridgehead atoms. The van der Waals surface area contributed by atoms with Gasteiger partial charge in [0.2, 0.25) is 0 Å². The van der Waals surface area contributed by atoms with Crippen molar-refractivity contribution in [1.82, 2.24) is 0 Å². The number of hydrogen-bond donors (Lipinski definition) is 2. The first kappa shape index (κ1) is 25.4. The second kappa shape index (κ2) is 10.5. The predicted octanol–water partition coefficient (Wildman–Crippen LogP) is 6.12. The summed E-state index contributed by atoms with van der Waals surface area (Å²) in [5.41, 5.74) is 0.703. The van der Waals surface area contributed by atoms with Gasteiger partial charge >= 0.3 is 0 Å². The van der Waals surface area contributed by atoms with Crippen LogP contribution in [0.15, 0.2) is 66.2 Å². The summed E-state index contributed by atoms with van der Waals surface area (Å²) in [6, 6.07) is 14.3. The van der Waals surface area contributed by atoms with Crippen molar-refractivity contribution in [3.05, 3.63) is 87.4 Å². The van der Waals surface area contributed by atoms with Gasteiger partial charge in [-0.05, 0) is 61.9 Å². The number of ether oxygens (including phenoxy) is 2. The Morgan fingerprint density at radius 3 is 2.28 bits per heavy atom. The second-order valence-corrected chi connectivity index (χ2v) is 8.79. The molecule has 4 rings (SSSR count). The molecule has 1 aliphatic heterocycles. The van der Waals surface area contributed by atoms with Crippen LogP contribution in [0.4, 0.5) is 5.69 Å². The van der Waals surface area contributed by atoms with E-state index in [-0.39, 0.29) is 38.4 Å². The first-order valence-electron chi connectivity index (χ1n) is 11.2. The lowest BCUT2D eigenvalue weighted by Gasteiger charge is -2.26. The fraction of sp³-hybridized carbons (Fsp3) is 0.185. The van der Waals surface area contributed by atoms with Crippen molar-refractivity contribution < 1.29 is 29.3 Å². The van der Waals surface area contributed by atoms with Crippen molar-refractivity contribution in [1.29, 1.82) is 0 Å². The van der Waals surface area contributed by atoms with Crippen molar-refractivity contribution >= 4 is 46.3 Å². The summed E-state index contributed by atoms with van der Waals surface area (Å²) < 4.78 is 11.2. The van der Waals surface area contributed by atoms with Gasteiger partial charge < -0.3 is 19.7 Å². The Labute approximate surface area is 218 Å². The number of benzene rings is 3. The van der Waals surface area contributed by atoms with Gasteiger partial charge in [0.1, 0.15) is 23.0 Å². The van der Waals surface area contributed by atoms with Crippen LogP contribution in [0.2, 0.25) is 10.0 Å². The highest BCUT2D eigenvalue weighted by Crippen LogP contribution is 2.45. The normalized spacial score (nSPS) is 16.9. The molecule has 7 nitrogen and oxygen atoms in total. The average Bonchev–Trinajstić information content (AvgIpc) is 3.09. The number of phenolic OH excluding ortho intramolecular Hbond substituents is 1. The van der Waals surface area contributed by atoms with Gasteiger partial charge in [0.25, 0.3) is 11.7 Å². The number of aliphatic hydroxyl groups excluding tert-OH is 1. The molecule has 1 unspecified atom stereocenters. The molecule has 0 aliphatic carbocycles. The Morgan fingerprint density at radius 2 is 1.64 bits per heavy atom. The number of amides is 1. The number of rotatable bonds is 7. The lowest BCUT2D eigenvalue weighted by Crippen LogP contribution is -2.29. The third kappa shape index (κ3) is 4.85. The number of ketones is 1. The van der Waals surface area contributed by atoms with Gasteiger partial charge in [-0.1, -0.05) is 35.3 Å². The number of nitrogens with zero attached hydrogens (tertiary/aromatic N) is 1. The maximum atomic E-state index is 13.4. The van der Waals surface area contributed by atoms with Gasteiger partial charge in [-0.25, -0.2) is 0 Å². The minimum Gasteiger partial charge on any atom is -0.508 e. The average molecular weight is 528 g/mol. The van der Waals surface area contributed by atoms with Gasteiger partial charge in [0.15, 0.2) is 0 Å². The number of hydrogen-bond acceptors (Lipinski definition) is 6. The van der Waals surface area contributed by atoms with Crippen LogP contribution in [0.1, 0.15) is 31.0 Å². The van der Waals surface area contributed by atoms with E-state index in [9.17, 15) is 19.8 Å². The van der Waals surface area contributed by atoms with Crippen molar-refractivity contribution in [2.75, 3.05) is 18.1 Å². The van der Waals surface area contributed by atoms with Crippen molar-refractivity contribution in [3.63, 3.8) is 0 Å². The number of aromatic hydroxyl groups is 1. The molecule has 0 radical (unpaired) electrons. The highest BCUT2D eigenvalue weighted by atomic mass is 35.5. The summed E-state index contributed by atoms with van der Waals surface area (Å²) >= 11 is 12.4. The van der Waals surface area contributed by atoms with E-state index in [1.54, 1.807) is 37.3 Å². The second-order valence-electron chi connectivity index (χ2n) is 7.92. The number of Topliss-reactive ketones (excluding diaryl/α,β-unsaturated/α-hetero) is 1. The lowest BCUT2D eigenvalue weighted by atomic mass is 9.94. The zero-order valence-corrected chi connectivity index (χ0v) is 21.0. The van der Waals surface area contributed by atoms with E-state index < -0.39 is 23.5 Å². The number of aliphatic hydroxyl groups is 1. The number of anilines is 1. The van der Waals surface area contributed by atoms with E-state index in [1.807, 2.05) is 6.92 Å². The van der Waals surface area contributed by atoms with Crippen molar-refractivity contribution in [2.24, 2.45) is 0 Å². The highest BCUT2D eigenvalue weighted by Gasteiger charge is 2.47. The topological polar surface area (TPSA) is 96.3 Å². The zero-order chi connectivity index (χ0) is 26.0. The summed E-state index contributed by atoms with van der Waals surface area (Å²) in [5, 5.41) is 22.1. The fourth-order valence-electron chi connectivity index (χ4n) is 4.16. The molecule has 1 atom stereocenters. The van der Waals surface area contributed by atoms with Crippen LogP contribution in [-0.2, 0) is 9.59 Å². The van der Waals surface area contributed by atoms with Gasteiger partial charge in [0, 0.05) is 21.8 Å². The van der Waals surface area contributed by atoms with Crippen molar-refractivity contribution in [2.45, 2.75) is 19.9 Å². The molecular formula is C27H23Cl2NO6. The Kier molecular flexibility index (Phi) is 7.43. The van der Waals surface area contributed by atoms with E-state index in [4.69, 9.17) is 32.7 Å². The van der Waals surface area contributed by atoms with E-state index in [2.05, 4.69) is 0 Å². The van der Waals surface area contributed by atoms with Crippen LogP contribution in [0.5, 0.6) is 17.2 Å². The van der Waals surface area contributed by atoms with Crippen LogP contribution in [0.25, 0.3) is 5.76 Å². The zero-order valence-electron chi connectivity index (χ0n) is 19.5. The first-order chi connectivity index (χ1) is 17.2. The Bertz CT molecular complexity index is 1350. The van der Waals surface area contributed by atoms with Gasteiger partial charge in [-0.15, -0.1) is 0 Å². The van der Waals surface area contributed by atoms with E-state index >= 15 is 0 Å². The number of halogens is 2. The molecule has 3 aromatic rings. The van der Waals surface area contributed by atoms with Gasteiger partial charge in [0.05, 0.1) is 30.4 Å². The number of phenols is 1. The largest absolute Gasteiger partial charge is 0.508 e. The van der Waals surface area contributed by atoms with Gasteiger partial charge in [-0.2, -0.15) is 0 Å². The van der Waals surface area contributed by atoms with Crippen LogP contribution in [0, 0.1) is 0 Å². The summed E-state index contributed by atoms with van der Waals surface area (Å²) in [4.78, 5) is 27.9. The first-order valence-corrected chi connectivity index (χ1v) is 12.0. The maximum absolute atomic E-state index is 13.4. The Morgan fingerprint density at radius 1 is 0.944 bits per heavy atom. The Balaban J connectivity index is 1.97. The molecule has 0 saturated carbocycles. The molecule has 2 N–H and O–H groups in total. The molecule has 1 aliphatic rings. The summed E-state index contributed by atoms with van der Waals surface area (Å²) in [6.07, 6.45) is 0. The molecule has 1 amide bonds. The molecule has 0 spiro atoms. The molecule has 186 valence electrons. The minimum atomic E-state index is -1.08. The SMILES string of the molecule is CCOc1ccc(/C(O)=C2/C(=O)C(=O)N(c3cc(Cl)cc(Cl)c3)C2c2cccc(O)c2)c(OCC)c1. The third-order valence-electron chi connectivity index (χ3n) is 5.57. The molecular weight excluding hydrogens is 505 g/mol. The molecule has 0 aromatic heterocycles. The molecule has 36 heavy (non-hydrogen) atoms. The smallest absolute Gasteiger partial charge is 0.300 e. The van der Waals surface area contributed by atoms with E-state index in [1.165, 1.54) is 35.2 Å². The van der Waals surface area contributed by atoms with Gasteiger partial charge in [-0.3, -0.25) is 14.5 Å². The molecule has 1 saturated heterocycles. The number of carbonyl (C=O) groups is 2. The lowest BCUT2D eigenvalue weighted by molar-refractivity contribution is -0.132.